The summed E-state index contributed by atoms with van der Waals surface area (Å²) in [5.74, 6) is 2.26. The van der Waals surface area contributed by atoms with E-state index in [1.807, 2.05) is 19.2 Å². The molecule has 140 valence electrons. The molecule has 0 bridgehead atoms. The van der Waals surface area contributed by atoms with E-state index in [1.165, 1.54) is 0 Å². The van der Waals surface area contributed by atoms with Crippen LogP contribution in [-0.4, -0.2) is 45.5 Å². The molecule has 0 aliphatic heterocycles. The van der Waals surface area contributed by atoms with Gasteiger partial charge < -0.3 is 24.3 Å². The SMILES string of the molecule is CNC1(COc2cnc(Cl)c(-c3ccc(OC)c(OC)c3OC)c2)CC1. The predicted octanol–water partition coefficient (Wildman–Crippen LogP) is 3.56. The lowest BCUT2D eigenvalue weighted by Gasteiger charge is -2.18. The molecule has 0 atom stereocenters. The first-order valence-electron chi connectivity index (χ1n) is 8.34. The topological polar surface area (TPSA) is 61.8 Å². The van der Waals surface area contributed by atoms with Crippen LogP contribution in [0.4, 0.5) is 0 Å². The Kier molecular flexibility index (Phi) is 5.44. The monoisotopic (exact) mass is 378 g/mol. The van der Waals surface area contributed by atoms with Gasteiger partial charge in [-0.25, -0.2) is 4.98 Å². The highest BCUT2D eigenvalue weighted by Gasteiger charge is 2.41. The Morgan fingerprint density at radius 3 is 2.38 bits per heavy atom. The largest absolute Gasteiger partial charge is 0.493 e. The minimum Gasteiger partial charge on any atom is -0.493 e. The Bertz CT molecular complexity index is 793. The van der Waals surface area contributed by atoms with E-state index in [1.54, 1.807) is 33.6 Å². The molecule has 26 heavy (non-hydrogen) atoms. The van der Waals surface area contributed by atoms with Crippen molar-refractivity contribution in [2.24, 2.45) is 0 Å². The molecule has 1 aromatic carbocycles. The fraction of sp³-hybridized carbons (Fsp3) is 0.421. The Hall–Kier alpha value is -2.18. The molecule has 0 radical (unpaired) electrons. The maximum Gasteiger partial charge on any atom is 0.203 e. The Balaban J connectivity index is 1.97. The molecule has 1 heterocycles. The molecule has 1 aliphatic carbocycles. The molecule has 1 N–H and O–H groups in total. The second-order valence-electron chi connectivity index (χ2n) is 6.21. The lowest BCUT2D eigenvalue weighted by atomic mass is 10.1. The van der Waals surface area contributed by atoms with E-state index in [-0.39, 0.29) is 5.54 Å². The van der Waals surface area contributed by atoms with E-state index in [9.17, 15) is 0 Å². The van der Waals surface area contributed by atoms with Crippen LogP contribution in [0.3, 0.4) is 0 Å². The number of nitrogens with one attached hydrogen (secondary N) is 1. The quantitative estimate of drug-likeness (QED) is 0.709. The van der Waals surface area contributed by atoms with Gasteiger partial charge in [0.15, 0.2) is 11.5 Å². The molecule has 0 saturated heterocycles. The minimum absolute atomic E-state index is 0.0841. The predicted molar refractivity (Wildman–Crippen MR) is 101 cm³/mol. The second-order valence-corrected chi connectivity index (χ2v) is 6.57. The Morgan fingerprint density at radius 1 is 1.08 bits per heavy atom. The number of methoxy groups -OCH3 is 3. The molecular weight excluding hydrogens is 356 g/mol. The van der Waals surface area contributed by atoms with E-state index in [4.69, 9.17) is 30.5 Å². The molecule has 2 aromatic rings. The number of nitrogens with zero attached hydrogens (tertiary/aromatic N) is 1. The molecule has 0 unspecified atom stereocenters. The van der Waals surface area contributed by atoms with E-state index < -0.39 is 0 Å². The Morgan fingerprint density at radius 2 is 1.81 bits per heavy atom. The molecule has 0 amide bonds. The van der Waals surface area contributed by atoms with Gasteiger partial charge in [-0.2, -0.15) is 0 Å². The lowest BCUT2D eigenvalue weighted by Crippen LogP contribution is -2.33. The molecule has 3 rings (SSSR count). The summed E-state index contributed by atoms with van der Waals surface area (Å²) in [5.41, 5.74) is 1.54. The minimum atomic E-state index is 0.0841. The van der Waals surface area contributed by atoms with Gasteiger partial charge in [0, 0.05) is 11.1 Å². The number of likely N-dealkylation sites (N-methyl/N-ethyl adjacent to an activating group) is 1. The van der Waals surface area contributed by atoms with Crippen molar-refractivity contribution in [2.45, 2.75) is 18.4 Å². The highest BCUT2D eigenvalue weighted by molar-refractivity contribution is 6.32. The Labute approximate surface area is 158 Å². The first-order valence-corrected chi connectivity index (χ1v) is 8.72. The summed E-state index contributed by atoms with van der Waals surface area (Å²) in [7, 11) is 6.68. The number of ether oxygens (including phenoxy) is 4. The standard InChI is InChI=1S/C19H23ClN2O4/c1-21-19(7-8-19)11-26-12-9-14(18(20)22-10-12)13-5-6-15(23-2)17(25-4)16(13)24-3/h5-6,9-10,21H,7-8,11H2,1-4H3. The zero-order valence-corrected chi connectivity index (χ0v) is 16.1. The third-order valence-electron chi connectivity index (χ3n) is 4.71. The lowest BCUT2D eigenvalue weighted by molar-refractivity contribution is 0.259. The number of rotatable bonds is 8. The van der Waals surface area contributed by atoms with Gasteiger partial charge in [-0.1, -0.05) is 11.6 Å². The van der Waals surface area contributed by atoms with Crippen molar-refractivity contribution in [1.82, 2.24) is 10.3 Å². The highest BCUT2D eigenvalue weighted by atomic mass is 35.5. The molecule has 0 spiro atoms. The van der Waals surface area contributed by atoms with Crippen molar-refractivity contribution in [3.05, 3.63) is 29.5 Å². The average Bonchev–Trinajstić information content (AvgIpc) is 3.46. The van der Waals surface area contributed by atoms with E-state index in [0.717, 1.165) is 18.4 Å². The van der Waals surface area contributed by atoms with Gasteiger partial charge in [-0.05, 0) is 38.1 Å². The fourth-order valence-corrected chi connectivity index (χ4v) is 3.05. The van der Waals surface area contributed by atoms with Crippen LogP contribution in [0.5, 0.6) is 23.0 Å². The summed E-state index contributed by atoms with van der Waals surface area (Å²) in [6.45, 7) is 0.593. The maximum atomic E-state index is 6.35. The van der Waals surface area contributed by atoms with Gasteiger partial charge in [0.25, 0.3) is 0 Å². The van der Waals surface area contributed by atoms with Crippen LogP contribution >= 0.6 is 11.6 Å². The zero-order chi connectivity index (χ0) is 18.7. The molecule has 1 aliphatic rings. The van der Waals surface area contributed by atoms with Crippen molar-refractivity contribution in [2.75, 3.05) is 35.0 Å². The van der Waals surface area contributed by atoms with Gasteiger partial charge in [0.1, 0.15) is 17.5 Å². The van der Waals surface area contributed by atoms with E-state index in [2.05, 4.69) is 10.3 Å². The van der Waals surface area contributed by atoms with E-state index in [0.29, 0.717) is 40.3 Å². The van der Waals surface area contributed by atoms with Gasteiger partial charge in [0.2, 0.25) is 5.75 Å². The summed E-state index contributed by atoms with van der Waals surface area (Å²) < 4.78 is 22.3. The van der Waals surface area contributed by atoms with Crippen molar-refractivity contribution in [3.63, 3.8) is 0 Å². The van der Waals surface area contributed by atoms with Crippen LogP contribution in [0.1, 0.15) is 12.8 Å². The molecule has 7 heteroatoms. The van der Waals surface area contributed by atoms with Crippen molar-refractivity contribution in [1.29, 1.82) is 0 Å². The smallest absolute Gasteiger partial charge is 0.203 e. The number of halogens is 1. The van der Waals surface area contributed by atoms with Crippen molar-refractivity contribution >= 4 is 11.6 Å². The molecule has 1 saturated carbocycles. The van der Waals surface area contributed by atoms with E-state index >= 15 is 0 Å². The van der Waals surface area contributed by atoms with Crippen LogP contribution in [0.2, 0.25) is 5.15 Å². The third kappa shape index (κ3) is 3.52. The number of hydrogen-bond donors (Lipinski definition) is 1. The number of aromatic nitrogens is 1. The normalized spacial score (nSPS) is 14.7. The summed E-state index contributed by atoms with van der Waals surface area (Å²) >= 11 is 6.35. The molecule has 6 nitrogen and oxygen atoms in total. The fourth-order valence-electron chi connectivity index (χ4n) is 2.85. The molecule has 1 aromatic heterocycles. The number of hydrogen-bond acceptors (Lipinski definition) is 6. The highest BCUT2D eigenvalue weighted by Crippen LogP contribution is 2.46. The zero-order valence-electron chi connectivity index (χ0n) is 15.4. The van der Waals surface area contributed by atoms with Crippen LogP contribution < -0.4 is 24.3 Å². The van der Waals surface area contributed by atoms with Crippen LogP contribution in [0.25, 0.3) is 11.1 Å². The summed E-state index contributed by atoms with van der Waals surface area (Å²) in [6, 6.07) is 5.54. The average molecular weight is 379 g/mol. The van der Waals surface area contributed by atoms with Crippen molar-refractivity contribution in [3.8, 4) is 34.1 Å². The second kappa shape index (κ2) is 7.60. The van der Waals surface area contributed by atoms with Gasteiger partial charge in [-0.15, -0.1) is 0 Å². The van der Waals surface area contributed by atoms with Crippen LogP contribution in [0, 0.1) is 0 Å². The van der Waals surface area contributed by atoms with Crippen LogP contribution in [0.15, 0.2) is 24.4 Å². The molecular formula is C19H23ClN2O4. The van der Waals surface area contributed by atoms with Gasteiger partial charge in [0.05, 0.1) is 33.1 Å². The van der Waals surface area contributed by atoms with Gasteiger partial charge >= 0.3 is 0 Å². The number of benzene rings is 1. The first-order chi connectivity index (χ1) is 12.6. The van der Waals surface area contributed by atoms with Crippen LogP contribution in [-0.2, 0) is 0 Å². The summed E-state index contributed by atoms with van der Waals surface area (Å²) in [5, 5.41) is 3.66. The van der Waals surface area contributed by atoms with Crippen molar-refractivity contribution < 1.29 is 18.9 Å². The maximum absolute atomic E-state index is 6.35. The summed E-state index contributed by atoms with van der Waals surface area (Å²) in [4.78, 5) is 4.27. The summed E-state index contributed by atoms with van der Waals surface area (Å²) in [6.07, 6.45) is 3.85. The van der Waals surface area contributed by atoms with Gasteiger partial charge in [-0.3, -0.25) is 0 Å². The first kappa shape index (κ1) is 18.6. The third-order valence-corrected chi connectivity index (χ3v) is 5.01. The molecule has 1 fully saturated rings. The number of pyridine rings is 1.